The standard InChI is InChI=1S/C65H100N18O12/c1-78-30-7-18-66-42-43(55(85)54(42)84)67-20-9-32-79(2)33-11-22-70-46-47(59(89)58(46)88)71-24-13-36-81(4)37-15-26-74-50-51(63(93)62(50)92)75-28-17-40-83(6)41-29-77-53-52(64(94)65(53)95)76-27-16-39-82(5)38-14-25-73-49-48(60(90)61(49)91)72-23-12-35-80(3)34-10-21-69-45-44(56(86)57(45)87)68-19-8-31-78/h66-77H,7-41H2,1-6H3. The molecule has 0 amide bonds. The van der Waals surface area contributed by atoms with E-state index in [0.29, 0.717) is 234 Å². The van der Waals surface area contributed by atoms with E-state index >= 15 is 0 Å². The Morgan fingerprint density at radius 3 is 0.368 bits per heavy atom. The number of anilines is 12. The first-order valence-corrected chi connectivity index (χ1v) is 33.7. The summed E-state index contributed by atoms with van der Waals surface area (Å²) in [5.41, 5.74) is -2.98. The molecule has 30 heteroatoms. The van der Waals surface area contributed by atoms with Crippen molar-refractivity contribution in [3.63, 3.8) is 0 Å². The number of nitrogens with one attached hydrogen (secondary N) is 12. The van der Waals surface area contributed by atoms with Crippen molar-refractivity contribution >= 4 is 68.2 Å². The predicted molar refractivity (Wildman–Crippen MR) is 386 cm³/mol. The molecule has 0 saturated heterocycles. The fraction of sp³-hybridized carbons (Fsp3) is 0.631. The lowest BCUT2D eigenvalue weighted by atomic mass is 10.1. The monoisotopic (exact) mass is 1320 g/mol. The van der Waals surface area contributed by atoms with Gasteiger partial charge in [-0.05, 0) is 185 Å². The maximum Gasteiger partial charge on any atom is 0.253 e. The van der Waals surface area contributed by atoms with Crippen LogP contribution >= 0.6 is 0 Å². The Balaban J connectivity index is 0.827. The fourth-order valence-corrected chi connectivity index (χ4v) is 11.6. The highest BCUT2D eigenvalue weighted by molar-refractivity contribution is 5.77. The Labute approximate surface area is 552 Å². The third-order valence-corrected chi connectivity index (χ3v) is 17.5. The van der Waals surface area contributed by atoms with Crippen molar-refractivity contribution in [2.75, 3.05) is 263 Å². The number of hydrogen-bond acceptors (Lipinski definition) is 30. The van der Waals surface area contributed by atoms with Crippen LogP contribution < -0.4 is 129 Å². The number of rotatable bonds is 0. The van der Waals surface area contributed by atoms with Gasteiger partial charge in [0.1, 0.15) is 68.2 Å². The summed E-state index contributed by atoms with van der Waals surface area (Å²) in [4.78, 5) is 162. The maximum atomic E-state index is 12.5. The van der Waals surface area contributed by atoms with Gasteiger partial charge in [-0.3, -0.25) is 57.5 Å². The van der Waals surface area contributed by atoms with E-state index in [1.54, 1.807) is 0 Å². The van der Waals surface area contributed by atoms with Gasteiger partial charge in [0.2, 0.25) is 0 Å². The molecular formula is C65H100N18O12. The Morgan fingerprint density at radius 2 is 0.253 bits per heavy atom. The molecule has 95 heavy (non-hydrogen) atoms. The van der Waals surface area contributed by atoms with Crippen LogP contribution in [0, 0.1) is 0 Å². The van der Waals surface area contributed by atoms with Crippen molar-refractivity contribution < 1.29 is 0 Å². The van der Waals surface area contributed by atoms with Crippen LogP contribution in [0.4, 0.5) is 68.2 Å². The summed E-state index contributed by atoms with van der Waals surface area (Å²) in [6.45, 7) is 14.2. The molecule has 0 fully saturated rings. The van der Waals surface area contributed by atoms with E-state index in [4.69, 9.17) is 0 Å². The first kappa shape index (κ1) is 74.2. The molecule has 6 aromatic rings. The normalized spacial score (nSPS) is 19.3. The molecule has 1 heterocycles. The van der Waals surface area contributed by atoms with Gasteiger partial charge in [-0.15, -0.1) is 0 Å². The number of hydrogen-bond donors (Lipinski definition) is 12. The average molecular weight is 1330 g/mol. The molecular weight excluding hydrogens is 1220 g/mol. The van der Waals surface area contributed by atoms with Gasteiger partial charge in [0.25, 0.3) is 65.1 Å². The summed E-state index contributed by atoms with van der Waals surface area (Å²) >= 11 is 0. The molecule has 1 aliphatic heterocycles. The Kier molecular flexibility index (Phi) is 29.1. The van der Waals surface area contributed by atoms with Crippen LogP contribution in [-0.4, -0.2) is 229 Å². The van der Waals surface area contributed by atoms with Gasteiger partial charge >= 0.3 is 0 Å². The zero-order valence-electron chi connectivity index (χ0n) is 56.3. The van der Waals surface area contributed by atoms with Gasteiger partial charge in [-0.2, -0.15) is 0 Å². The summed E-state index contributed by atoms with van der Waals surface area (Å²) in [5, 5.41) is 37.5. The molecule has 1 aliphatic rings. The topological polar surface area (TPSA) is 369 Å². The molecule has 0 spiro atoms. The molecule has 0 aliphatic carbocycles. The third-order valence-electron chi connectivity index (χ3n) is 17.5. The zero-order chi connectivity index (χ0) is 68.6. The quantitative estimate of drug-likeness (QED) is 0.0779. The average Bonchev–Trinajstić information content (AvgIpc) is 0.842. The molecule has 0 aromatic heterocycles. The van der Waals surface area contributed by atoms with Gasteiger partial charge in [0, 0.05) is 85.1 Å². The SMILES string of the molecule is CN1CCCNc2c(c(=O)c2=O)NCCCN(C)CCCNc2c(c(=O)c2=O)NCCCN(C)CCCNc2c(c(=O)c2=O)NCCCN(C)CCNc2c(c(=O)c2=O)NCCCN(C)CCCNc2c(c(=O)c2=O)NCCCN(C)CCCNc2c(c(=O)c2=O)NCCC1. The lowest BCUT2D eigenvalue weighted by Gasteiger charge is -2.21. The van der Waals surface area contributed by atoms with E-state index in [1.165, 1.54) is 0 Å². The molecule has 6 aromatic carbocycles. The molecule has 0 bridgehead atoms. The van der Waals surface area contributed by atoms with Gasteiger partial charge < -0.3 is 93.2 Å². The second-order valence-electron chi connectivity index (χ2n) is 25.3. The summed E-state index contributed by atoms with van der Waals surface area (Å²) in [7, 11) is 11.8. The van der Waals surface area contributed by atoms with Crippen molar-refractivity contribution in [3.8, 4) is 0 Å². The Hall–Kier alpha value is -8.16. The molecule has 30 nitrogen and oxygen atoms in total. The lowest BCUT2D eigenvalue weighted by molar-refractivity contribution is 0.331. The van der Waals surface area contributed by atoms with E-state index in [2.05, 4.69) is 93.2 Å². The van der Waals surface area contributed by atoms with E-state index in [0.717, 1.165) is 39.3 Å². The Morgan fingerprint density at radius 1 is 0.158 bits per heavy atom. The summed E-state index contributed by atoms with van der Waals surface area (Å²) in [6.07, 6.45) is 7.79. The van der Waals surface area contributed by atoms with Gasteiger partial charge in [0.15, 0.2) is 0 Å². The highest BCUT2D eigenvalue weighted by Gasteiger charge is 2.26. The highest BCUT2D eigenvalue weighted by atomic mass is 16.2. The van der Waals surface area contributed by atoms with E-state index in [-0.39, 0.29) is 22.7 Å². The maximum absolute atomic E-state index is 12.5. The molecule has 0 radical (unpaired) electrons. The second kappa shape index (κ2) is 37.2. The van der Waals surface area contributed by atoms with Crippen LogP contribution in [0.2, 0.25) is 0 Å². The van der Waals surface area contributed by atoms with Crippen LogP contribution in [0.5, 0.6) is 0 Å². The molecule has 12 N–H and O–H groups in total. The van der Waals surface area contributed by atoms with Crippen molar-refractivity contribution in [1.29, 1.82) is 0 Å². The predicted octanol–water partition coefficient (Wildman–Crippen LogP) is -1.40. The highest BCUT2D eigenvalue weighted by Crippen LogP contribution is 2.20. The third kappa shape index (κ3) is 20.7. The first-order valence-electron chi connectivity index (χ1n) is 33.7. The van der Waals surface area contributed by atoms with E-state index < -0.39 is 65.1 Å². The summed E-state index contributed by atoms with van der Waals surface area (Å²) < 4.78 is 0. The van der Waals surface area contributed by atoms with Crippen LogP contribution in [0.15, 0.2) is 57.5 Å². The molecule has 522 valence electrons. The second-order valence-corrected chi connectivity index (χ2v) is 25.3. The number of fused-ring (bicyclic) bond motifs is 6. The first-order chi connectivity index (χ1) is 45.7. The van der Waals surface area contributed by atoms with E-state index in [9.17, 15) is 57.5 Å². The van der Waals surface area contributed by atoms with E-state index in [1.807, 2.05) is 42.3 Å². The van der Waals surface area contributed by atoms with Crippen LogP contribution in [-0.2, 0) is 0 Å². The minimum atomic E-state index is -0.556. The molecule has 0 unspecified atom stereocenters. The van der Waals surface area contributed by atoms with Crippen molar-refractivity contribution in [1.82, 2.24) is 29.4 Å². The largest absolute Gasteiger partial charge is 0.380 e. The van der Waals surface area contributed by atoms with Crippen LogP contribution in [0.25, 0.3) is 0 Å². The smallest absolute Gasteiger partial charge is 0.253 e. The van der Waals surface area contributed by atoms with Crippen molar-refractivity contribution in [2.45, 2.75) is 70.6 Å². The van der Waals surface area contributed by atoms with Crippen LogP contribution in [0.1, 0.15) is 70.6 Å². The summed E-state index contributed by atoms with van der Waals surface area (Å²) in [5.74, 6) is 0. The minimum Gasteiger partial charge on any atom is -0.380 e. The minimum absolute atomic E-state index is 0.277. The number of nitrogens with zero attached hydrogens (tertiary/aromatic N) is 6. The number of likely N-dealkylation sites (N-methyl/N-ethyl adjacent to an activating group) is 1. The van der Waals surface area contributed by atoms with Gasteiger partial charge in [-0.25, -0.2) is 0 Å². The van der Waals surface area contributed by atoms with Crippen molar-refractivity contribution in [3.05, 3.63) is 123 Å². The van der Waals surface area contributed by atoms with Gasteiger partial charge in [-0.1, -0.05) is 0 Å². The molecule has 0 atom stereocenters. The lowest BCUT2D eigenvalue weighted by Crippen LogP contribution is -2.39. The molecule has 7 rings (SSSR count). The van der Waals surface area contributed by atoms with Gasteiger partial charge in [0.05, 0.1) is 0 Å². The van der Waals surface area contributed by atoms with Crippen LogP contribution in [0.3, 0.4) is 0 Å². The van der Waals surface area contributed by atoms with Crippen molar-refractivity contribution in [2.24, 2.45) is 0 Å². The zero-order valence-corrected chi connectivity index (χ0v) is 56.3. The summed E-state index contributed by atoms with van der Waals surface area (Å²) in [6, 6.07) is 0. The Bertz CT molecular complexity index is 3870. The molecule has 0 saturated carbocycles. The fourth-order valence-electron chi connectivity index (χ4n) is 11.6.